The Morgan fingerprint density at radius 2 is 2.22 bits per heavy atom. The molecule has 1 atom stereocenters. The van der Waals surface area contributed by atoms with Crippen LogP contribution in [-0.4, -0.2) is 30.4 Å². The van der Waals surface area contributed by atoms with Gasteiger partial charge in [0.25, 0.3) is 5.91 Å². The maximum atomic E-state index is 12.8. The van der Waals surface area contributed by atoms with Gasteiger partial charge < -0.3 is 14.9 Å². The van der Waals surface area contributed by atoms with Crippen LogP contribution < -0.4 is 5.32 Å². The largest absolute Gasteiger partial charge is 0.342 e. The number of nitrogens with one attached hydrogen (secondary N) is 2. The molecule has 1 saturated carbocycles. The molecule has 3 aromatic rings. The van der Waals surface area contributed by atoms with E-state index in [-0.39, 0.29) is 11.9 Å². The van der Waals surface area contributed by atoms with Crippen molar-refractivity contribution in [3.63, 3.8) is 0 Å². The van der Waals surface area contributed by atoms with E-state index in [1.54, 1.807) is 18.5 Å². The fourth-order valence-electron chi connectivity index (χ4n) is 2.93. The van der Waals surface area contributed by atoms with Crippen molar-refractivity contribution in [2.24, 2.45) is 13.0 Å². The van der Waals surface area contributed by atoms with Gasteiger partial charge in [0, 0.05) is 25.6 Å². The molecule has 2 N–H and O–H groups in total. The summed E-state index contributed by atoms with van der Waals surface area (Å²) in [5, 5.41) is 3.14. The summed E-state index contributed by atoms with van der Waals surface area (Å²) < 4.78 is 1.96. The Bertz CT molecular complexity index is 876. The molecule has 0 aromatic carbocycles. The van der Waals surface area contributed by atoms with Crippen molar-refractivity contribution in [2.45, 2.75) is 25.8 Å². The van der Waals surface area contributed by atoms with E-state index in [2.05, 4.69) is 25.3 Å². The third-order valence-corrected chi connectivity index (χ3v) is 4.27. The minimum absolute atomic E-state index is 0.0604. The van der Waals surface area contributed by atoms with Gasteiger partial charge in [-0.2, -0.15) is 0 Å². The number of hydrogen-bond acceptors (Lipinski definition) is 4. The average molecular weight is 310 g/mol. The molecule has 0 aliphatic heterocycles. The number of amides is 1. The first-order valence-corrected chi connectivity index (χ1v) is 7.73. The lowest BCUT2D eigenvalue weighted by Crippen LogP contribution is -2.31. The Labute approximate surface area is 133 Å². The minimum Gasteiger partial charge on any atom is -0.342 e. The third kappa shape index (κ3) is 2.48. The van der Waals surface area contributed by atoms with Crippen LogP contribution in [0.3, 0.4) is 0 Å². The van der Waals surface area contributed by atoms with E-state index in [4.69, 9.17) is 0 Å². The van der Waals surface area contributed by atoms with Gasteiger partial charge in [-0.05, 0) is 31.7 Å². The van der Waals surface area contributed by atoms with Crippen LogP contribution in [0.5, 0.6) is 0 Å². The number of carbonyl (C=O) groups excluding carboxylic acids is 1. The van der Waals surface area contributed by atoms with Gasteiger partial charge in [0.2, 0.25) is 0 Å². The highest BCUT2D eigenvalue weighted by Crippen LogP contribution is 2.40. The molecule has 0 saturated heterocycles. The Balaban J connectivity index is 1.66. The summed E-state index contributed by atoms with van der Waals surface area (Å²) in [4.78, 5) is 28.8. The van der Waals surface area contributed by atoms with Crippen molar-refractivity contribution < 1.29 is 4.79 Å². The number of imidazole rings is 2. The van der Waals surface area contributed by atoms with Crippen LogP contribution in [0, 0.1) is 12.8 Å². The molecule has 1 fully saturated rings. The molecule has 3 aromatic heterocycles. The van der Waals surface area contributed by atoms with Crippen molar-refractivity contribution in [1.29, 1.82) is 0 Å². The Morgan fingerprint density at radius 3 is 2.91 bits per heavy atom. The fraction of sp³-hybridized carbons (Fsp3) is 0.375. The first kappa shape index (κ1) is 13.9. The van der Waals surface area contributed by atoms with E-state index in [9.17, 15) is 4.79 Å². The molecule has 0 bridgehead atoms. The standard InChI is InChI=1S/C16H18N6O/c1-9-19-13-11(5-6-17-14(13)20-9)16(23)21-12(10-3-4-10)15-18-7-8-22(15)2/h5-8,10,12H,3-4H2,1-2H3,(H,21,23)(H,17,19,20). The van der Waals surface area contributed by atoms with Crippen molar-refractivity contribution in [3.05, 3.63) is 41.9 Å². The van der Waals surface area contributed by atoms with Crippen LogP contribution in [-0.2, 0) is 7.05 Å². The predicted molar refractivity (Wildman–Crippen MR) is 84.8 cm³/mol. The van der Waals surface area contributed by atoms with Gasteiger partial charge in [0.1, 0.15) is 11.6 Å². The second-order valence-electron chi connectivity index (χ2n) is 6.06. The number of aromatic amines is 1. The molecule has 0 spiro atoms. The molecule has 7 heteroatoms. The number of fused-ring (bicyclic) bond motifs is 1. The summed E-state index contributed by atoms with van der Waals surface area (Å²) in [6.45, 7) is 1.85. The fourth-order valence-corrected chi connectivity index (χ4v) is 2.93. The van der Waals surface area contributed by atoms with Crippen molar-refractivity contribution in [3.8, 4) is 0 Å². The molecule has 118 valence electrons. The Morgan fingerprint density at radius 1 is 1.39 bits per heavy atom. The number of rotatable bonds is 4. The van der Waals surface area contributed by atoms with E-state index in [0.717, 1.165) is 24.5 Å². The van der Waals surface area contributed by atoms with Crippen LogP contribution >= 0.6 is 0 Å². The SMILES string of the molecule is Cc1nc2nccc(C(=O)NC(c3nccn3C)C3CC3)c2[nH]1. The predicted octanol–water partition coefficient (Wildman–Crippen LogP) is 1.88. The van der Waals surface area contributed by atoms with E-state index < -0.39 is 0 Å². The molecular formula is C16H18N6O. The highest BCUT2D eigenvalue weighted by molar-refractivity contribution is 6.04. The van der Waals surface area contributed by atoms with E-state index in [1.165, 1.54) is 0 Å². The monoisotopic (exact) mass is 310 g/mol. The minimum atomic E-state index is -0.124. The molecule has 1 aliphatic carbocycles. The molecule has 4 rings (SSSR count). The summed E-state index contributed by atoms with van der Waals surface area (Å²) in [5.74, 6) is 1.98. The number of pyridine rings is 1. The zero-order valence-corrected chi connectivity index (χ0v) is 13.1. The molecule has 3 heterocycles. The second kappa shape index (κ2) is 5.19. The summed E-state index contributed by atoms with van der Waals surface area (Å²) in [6, 6.07) is 1.66. The number of H-pyrrole nitrogens is 1. The maximum Gasteiger partial charge on any atom is 0.254 e. The summed E-state index contributed by atoms with van der Waals surface area (Å²) in [5.41, 5.74) is 1.81. The van der Waals surface area contributed by atoms with Gasteiger partial charge >= 0.3 is 0 Å². The van der Waals surface area contributed by atoms with Crippen LogP contribution in [0.4, 0.5) is 0 Å². The van der Waals surface area contributed by atoms with E-state index in [0.29, 0.717) is 22.6 Å². The van der Waals surface area contributed by atoms with Crippen LogP contribution in [0.25, 0.3) is 11.2 Å². The van der Waals surface area contributed by atoms with Crippen molar-refractivity contribution >= 4 is 17.1 Å². The highest BCUT2D eigenvalue weighted by Gasteiger charge is 2.36. The normalized spacial score (nSPS) is 15.7. The van der Waals surface area contributed by atoms with Gasteiger partial charge in [0.05, 0.1) is 17.1 Å². The zero-order valence-electron chi connectivity index (χ0n) is 13.1. The third-order valence-electron chi connectivity index (χ3n) is 4.27. The number of carbonyl (C=O) groups is 1. The molecule has 1 unspecified atom stereocenters. The number of aromatic nitrogens is 5. The smallest absolute Gasteiger partial charge is 0.254 e. The maximum absolute atomic E-state index is 12.8. The topological polar surface area (TPSA) is 88.5 Å². The van der Waals surface area contributed by atoms with Gasteiger partial charge in [-0.1, -0.05) is 0 Å². The van der Waals surface area contributed by atoms with E-state index >= 15 is 0 Å². The van der Waals surface area contributed by atoms with Crippen molar-refractivity contribution in [2.75, 3.05) is 0 Å². The lowest BCUT2D eigenvalue weighted by atomic mass is 10.1. The first-order valence-electron chi connectivity index (χ1n) is 7.73. The molecule has 0 radical (unpaired) electrons. The van der Waals surface area contributed by atoms with Gasteiger partial charge in [-0.15, -0.1) is 0 Å². The van der Waals surface area contributed by atoms with Gasteiger partial charge in [-0.3, -0.25) is 4.79 Å². The van der Waals surface area contributed by atoms with Crippen LogP contribution in [0.15, 0.2) is 24.7 Å². The summed E-state index contributed by atoms with van der Waals surface area (Å²) in [6.07, 6.45) is 7.52. The number of nitrogens with zero attached hydrogens (tertiary/aromatic N) is 4. The Kier molecular flexibility index (Phi) is 3.14. The highest BCUT2D eigenvalue weighted by atomic mass is 16.1. The van der Waals surface area contributed by atoms with E-state index in [1.807, 2.05) is 24.7 Å². The number of hydrogen-bond donors (Lipinski definition) is 2. The Hall–Kier alpha value is -2.70. The number of aryl methyl sites for hydroxylation is 2. The lowest BCUT2D eigenvalue weighted by Gasteiger charge is -2.18. The van der Waals surface area contributed by atoms with Crippen LogP contribution in [0.2, 0.25) is 0 Å². The van der Waals surface area contributed by atoms with Gasteiger partial charge in [0.15, 0.2) is 5.65 Å². The first-order chi connectivity index (χ1) is 11.1. The summed E-state index contributed by atoms with van der Waals surface area (Å²) >= 11 is 0. The molecular weight excluding hydrogens is 292 g/mol. The quantitative estimate of drug-likeness (QED) is 0.770. The molecule has 1 amide bonds. The zero-order chi connectivity index (χ0) is 16.0. The van der Waals surface area contributed by atoms with Gasteiger partial charge in [-0.25, -0.2) is 15.0 Å². The lowest BCUT2D eigenvalue weighted by molar-refractivity contribution is 0.0930. The second-order valence-corrected chi connectivity index (χ2v) is 6.06. The van der Waals surface area contributed by atoms with Crippen LogP contribution in [0.1, 0.15) is 40.9 Å². The average Bonchev–Trinajstić information content (AvgIpc) is 3.17. The molecule has 1 aliphatic rings. The molecule has 7 nitrogen and oxygen atoms in total. The molecule has 23 heavy (non-hydrogen) atoms. The van der Waals surface area contributed by atoms with Crippen molar-refractivity contribution in [1.82, 2.24) is 29.8 Å². The summed E-state index contributed by atoms with van der Waals surface area (Å²) in [7, 11) is 1.95.